The van der Waals surface area contributed by atoms with Crippen molar-refractivity contribution in [3.8, 4) is 12.3 Å². The average molecular weight is 282 g/mol. The first-order valence-electron chi connectivity index (χ1n) is 6.93. The summed E-state index contributed by atoms with van der Waals surface area (Å²) in [5, 5.41) is 11.2. The summed E-state index contributed by atoms with van der Waals surface area (Å²) >= 11 is 0. The number of carbonyl (C=O) groups is 2. The highest BCUT2D eigenvalue weighted by Gasteiger charge is 2.28. The highest BCUT2D eigenvalue weighted by atomic mass is 16.6. The fourth-order valence-corrected chi connectivity index (χ4v) is 2.24. The first-order valence-corrected chi connectivity index (χ1v) is 6.93. The number of aliphatic carboxylic acids is 1. The molecular weight excluding hydrogens is 260 g/mol. The second-order valence-electron chi connectivity index (χ2n) is 5.02. The fourth-order valence-electron chi connectivity index (χ4n) is 2.24. The Kier molecular flexibility index (Phi) is 6.88. The van der Waals surface area contributed by atoms with E-state index in [9.17, 15) is 9.59 Å². The molecule has 6 heteroatoms. The van der Waals surface area contributed by atoms with Crippen LogP contribution in [-0.2, 0) is 9.53 Å². The van der Waals surface area contributed by atoms with E-state index in [0.717, 1.165) is 19.3 Å². The van der Waals surface area contributed by atoms with E-state index in [2.05, 4.69) is 11.2 Å². The summed E-state index contributed by atoms with van der Waals surface area (Å²) in [6.07, 6.45) is 9.14. The average Bonchev–Trinajstić information content (AvgIpc) is 2.85. The zero-order chi connectivity index (χ0) is 15.0. The standard InChI is InChI=1S/C14H22N2O4/c1-2-10-6-5-8-12(10)20-14(19)16-9-4-3-7-11(15)13(17)18/h1,10-12H,3-9,15H2,(H,16,19)(H,17,18)/t10?,11-,12?/m0/s1. The molecule has 1 fully saturated rings. The maximum absolute atomic E-state index is 11.5. The van der Waals surface area contributed by atoms with Crippen LogP contribution in [-0.4, -0.2) is 35.9 Å². The van der Waals surface area contributed by atoms with Gasteiger partial charge in [0.1, 0.15) is 12.1 Å². The van der Waals surface area contributed by atoms with Crippen LogP contribution >= 0.6 is 0 Å². The van der Waals surface area contributed by atoms with E-state index in [4.69, 9.17) is 22.0 Å². The maximum atomic E-state index is 11.5. The van der Waals surface area contributed by atoms with Crippen molar-refractivity contribution >= 4 is 12.1 Å². The molecular formula is C14H22N2O4. The summed E-state index contributed by atoms with van der Waals surface area (Å²) < 4.78 is 5.27. The summed E-state index contributed by atoms with van der Waals surface area (Å²) in [6.45, 7) is 0.443. The molecule has 0 spiro atoms. The predicted molar refractivity (Wildman–Crippen MR) is 73.9 cm³/mol. The summed E-state index contributed by atoms with van der Waals surface area (Å²) in [7, 11) is 0. The second-order valence-corrected chi connectivity index (χ2v) is 5.02. The molecule has 2 unspecified atom stereocenters. The number of unbranched alkanes of at least 4 members (excludes halogenated alkanes) is 1. The molecule has 1 amide bonds. The molecule has 1 aliphatic rings. The van der Waals surface area contributed by atoms with Gasteiger partial charge in [-0.05, 0) is 38.5 Å². The van der Waals surface area contributed by atoms with E-state index in [-0.39, 0.29) is 12.0 Å². The Labute approximate surface area is 119 Å². The van der Waals surface area contributed by atoms with Gasteiger partial charge in [-0.2, -0.15) is 0 Å². The Morgan fingerprint density at radius 3 is 2.85 bits per heavy atom. The van der Waals surface area contributed by atoms with Crippen molar-refractivity contribution < 1.29 is 19.4 Å². The van der Waals surface area contributed by atoms with Gasteiger partial charge in [0.15, 0.2) is 0 Å². The number of nitrogens with one attached hydrogen (secondary N) is 1. The van der Waals surface area contributed by atoms with Gasteiger partial charge < -0.3 is 20.9 Å². The van der Waals surface area contributed by atoms with Crippen molar-refractivity contribution in [1.29, 1.82) is 0 Å². The van der Waals surface area contributed by atoms with Gasteiger partial charge in [0.05, 0.1) is 5.92 Å². The molecule has 0 saturated heterocycles. The van der Waals surface area contributed by atoms with Crippen LogP contribution in [0, 0.1) is 18.3 Å². The number of hydrogen-bond acceptors (Lipinski definition) is 4. The van der Waals surface area contributed by atoms with Crippen LogP contribution in [0.25, 0.3) is 0 Å². The van der Waals surface area contributed by atoms with Crippen LogP contribution in [0.1, 0.15) is 38.5 Å². The van der Waals surface area contributed by atoms with E-state index in [1.54, 1.807) is 0 Å². The van der Waals surface area contributed by atoms with Gasteiger partial charge in [-0.15, -0.1) is 6.42 Å². The van der Waals surface area contributed by atoms with Gasteiger partial charge in [-0.1, -0.05) is 5.92 Å². The molecule has 20 heavy (non-hydrogen) atoms. The van der Waals surface area contributed by atoms with E-state index < -0.39 is 18.1 Å². The van der Waals surface area contributed by atoms with E-state index in [1.807, 2.05) is 0 Å². The van der Waals surface area contributed by atoms with Gasteiger partial charge in [-0.3, -0.25) is 4.79 Å². The smallest absolute Gasteiger partial charge is 0.407 e. The molecule has 0 bridgehead atoms. The molecule has 0 heterocycles. The number of carbonyl (C=O) groups excluding carboxylic acids is 1. The molecule has 0 aromatic rings. The van der Waals surface area contributed by atoms with Gasteiger partial charge in [-0.25, -0.2) is 4.79 Å². The normalized spacial score (nSPS) is 22.8. The van der Waals surface area contributed by atoms with Crippen molar-refractivity contribution in [1.82, 2.24) is 5.32 Å². The van der Waals surface area contributed by atoms with Gasteiger partial charge in [0, 0.05) is 6.54 Å². The van der Waals surface area contributed by atoms with Crippen molar-refractivity contribution in [2.24, 2.45) is 11.7 Å². The number of rotatable bonds is 7. The van der Waals surface area contributed by atoms with E-state index in [1.165, 1.54) is 0 Å². The molecule has 0 aromatic heterocycles. The van der Waals surface area contributed by atoms with Crippen LogP contribution in [0.2, 0.25) is 0 Å². The van der Waals surface area contributed by atoms with Crippen molar-refractivity contribution in [3.05, 3.63) is 0 Å². The number of alkyl carbamates (subject to hydrolysis) is 1. The number of ether oxygens (including phenoxy) is 1. The Morgan fingerprint density at radius 2 is 2.20 bits per heavy atom. The van der Waals surface area contributed by atoms with E-state index >= 15 is 0 Å². The molecule has 1 aliphatic carbocycles. The van der Waals surface area contributed by atoms with Crippen molar-refractivity contribution in [2.45, 2.75) is 50.7 Å². The summed E-state index contributed by atoms with van der Waals surface area (Å²) in [4.78, 5) is 22.0. The lowest BCUT2D eigenvalue weighted by molar-refractivity contribution is -0.138. The highest BCUT2D eigenvalue weighted by Crippen LogP contribution is 2.27. The molecule has 1 rings (SSSR count). The lowest BCUT2D eigenvalue weighted by Gasteiger charge is -2.16. The zero-order valence-electron chi connectivity index (χ0n) is 11.5. The number of hydrogen-bond donors (Lipinski definition) is 3. The Balaban J connectivity index is 2.09. The number of carboxylic acids is 1. The van der Waals surface area contributed by atoms with Gasteiger partial charge in [0.2, 0.25) is 0 Å². The zero-order valence-corrected chi connectivity index (χ0v) is 11.5. The number of amides is 1. The molecule has 112 valence electrons. The third kappa shape index (κ3) is 5.49. The quantitative estimate of drug-likeness (QED) is 0.479. The molecule has 0 aliphatic heterocycles. The summed E-state index contributed by atoms with van der Waals surface area (Å²) in [6, 6.07) is -0.836. The van der Waals surface area contributed by atoms with Crippen LogP contribution in [0.15, 0.2) is 0 Å². The van der Waals surface area contributed by atoms with Gasteiger partial charge >= 0.3 is 12.1 Å². The molecule has 1 saturated carbocycles. The van der Waals surface area contributed by atoms with Crippen molar-refractivity contribution in [2.75, 3.05) is 6.54 Å². The van der Waals surface area contributed by atoms with Crippen LogP contribution < -0.4 is 11.1 Å². The minimum absolute atomic E-state index is 0.0225. The fraction of sp³-hybridized carbons (Fsp3) is 0.714. The molecule has 6 nitrogen and oxygen atoms in total. The number of terminal acetylenes is 1. The SMILES string of the molecule is C#CC1CCCC1OC(=O)NCCCC[C@H](N)C(=O)O. The minimum Gasteiger partial charge on any atom is -0.480 e. The molecule has 0 aromatic carbocycles. The van der Waals surface area contributed by atoms with Crippen LogP contribution in [0.5, 0.6) is 0 Å². The van der Waals surface area contributed by atoms with Crippen molar-refractivity contribution in [3.63, 3.8) is 0 Å². The third-order valence-electron chi connectivity index (χ3n) is 3.45. The molecule has 4 N–H and O–H groups in total. The first kappa shape index (κ1) is 16.3. The predicted octanol–water partition coefficient (Wildman–Crippen LogP) is 1.10. The van der Waals surface area contributed by atoms with E-state index in [0.29, 0.717) is 25.8 Å². The Hall–Kier alpha value is -1.74. The Morgan fingerprint density at radius 1 is 1.45 bits per heavy atom. The van der Waals surface area contributed by atoms with Crippen LogP contribution in [0.3, 0.4) is 0 Å². The summed E-state index contributed by atoms with van der Waals surface area (Å²) in [5.74, 6) is 1.67. The second kappa shape index (κ2) is 8.43. The minimum atomic E-state index is -1.00. The summed E-state index contributed by atoms with van der Waals surface area (Å²) in [5.41, 5.74) is 5.37. The lowest BCUT2D eigenvalue weighted by Crippen LogP contribution is -2.32. The first-order chi connectivity index (χ1) is 9.54. The third-order valence-corrected chi connectivity index (χ3v) is 3.45. The molecule has 3 atom stereocenters. The Bertz CT molecular complexity index is 378. The monoisotopic (exact) mass is 282 g/mol. The number of nitrogens with two attached hydrogens (primary N) is 1. The maximum Gasteiger partial charge on any atom is 0.407 e. The topological polar surface area (TPSA) is 102 Å². The largest absolute Gasteiger partial charge is 0.480 e. The lowest BCUT2D eigenvalue weighted by atomic mass is 10.1. The highest BCUT2D eigenvalue weighted by molar-refractivity contribution is 5.72. The number of carboxylic acid groups (broad SMARTS) is 1. The van der Waals surface area contributed by atoms with Gasteiger partial charge in [0.25, 0.3) is 0 Å². The molecule has 0 radical (unpaired) electrons. The van der Waals surface area contributed by atoms with Crippen LogP contribution in [0.4, 0.5) is 4.79 Å².